The molecule has 1 aromatic carbocycles. The summed E-state index contributed by atoms with van der Waals surface area (Å²) in [6, 6.07) is 5.83. The minimum absolute atomic E-state index is 0.102. The number of hydrogen-bond donors (Lipinski definition) is 1. The fourth-order valence-electron chi connectivity index (χ4n) is 2.20. The van der Waals surface area contributed by atoms with Gasteiger partial charge in [-0.15, -0.1) is 0 Å². The van der Waals surface area contributed by atoms with E-state index in [1.807, 2.05) is 31.0 Å². The quantitative estimate of drug-likeness (QED) is 0.884. The van der Waals surface area contributed by atoms with E-state index in [2.05, 4.69) is 27.7 Å². The number of halogens is 1. The Morgan fingerprint density at radius 1 is 1.30 bits per heavy atom. The van der Waals surface area contributed by atoms with E-state index < -0.39 is 0 Å². The van der Waals surface area contributed by atoms with Crippen molar-refractivity contribution in [2.24, 2.45) is 11.1 Å². The predicted molar refractivity (Wildman–Crippen MR) is 85.7 cm³/mol. The molecule has 0 fully saturated rings. The van der Waals surface area contributed by atoms with Crippen LogP contribution in [0.4, 0.5) is 10.1 Å². The SMILES string of the molecule is CCC(N)Cc1ccc(N(C)C(C)C(C)(C)C)c(F)c1. The first-order valence-electron chi connectivity index (χ1n) is 7.43. The summed E-state index contributed by atoms with van der Waals surface area (Å²) in [4.78, 5) is 2.01. The molecule has 0 radical (unpaired) electrons. The topological polar surface area (TPSA) is 29.3 Å². The molecule has 0 bridgehead atoms. The van der Waals surface area contributed by atoms with Gasteiger partial charge < -0.3 is 10.6 Å². The van der Waals surface area contributed by atoms with Crippen LogP contribution in [0.3, 0.4) is 0 Å². The normalized spacial score (nSPS) is 15.0. The van der Waals surface area contributed by atoms with Crippen LogP contribution in [-0.2, 0) is 6.42 Å². The lowest BCUT2D eigenvalue weighted by Crippen LogP contribution is -2.39. The maximum absolute atomic E-state index is 14.3. The molecule has 0 aliphatic heterocycles. The lowest BCUT2D eigenvalue weighted by molar-refractivity contribution is 0.328. The Balaban J connectivity index is 2.93. The second kappa shape index (κ2) is 6.57. The summed E-state index contributed by atoms with van der Waals surface area (Å²) in [5.74, 6) is -0.163. The largest absolute Gasteiger partial charge is 0.369 e. The Morgan fingerprint density at radius 3 is 2.35 bits per heavy atom. The van der Waals surface area contributed by atoms with Crippen molar-refractivity contribution in [2.75, 3.05) is 11.9 Å². The van der Waals surface area contributed by atoms with Gasteiger partial charge in [-0.1, -0.05) is 33.8 Å². The Labute approximate surface area is 123 Å². The minimum atomic E-state index is -0.163. The van der Waals surface area contributed by atoms with Crippen molar-refractivity contribution in [1.82, 2.24) is 0 Å². The third kappa shape index (κ3) is 4.20. The van der Waals surface area contributed by atoms with Crippen LogP contribution in [0.5, 0.6) is 0 Å². The molecule has 0 aliphatic carbocycles. The van der Waals surface area contributed by atoms with E-state index in [9.17, 15) is 4.39 Å². The molecule has 0 saturated carbocycles. The van der Waals surface area contributed by atoms with Crippen LogP contribution in [0.25, 0.3) is 0 Å². The number of rotatable bonds is 5. The van der Waals surface area contributed by atoms with Crippen molar-refractivity contribution < 1.29 is 4.39 Å². The first-order chi connectivity index (χ1) is 9.16. The van der Waals surface area contributed by atoms with Crippen LogP contribution in [0.15, 0.2) is 18.2 Å². The highest BCUT2D eigenvalue weighted by Crippen LogP contribution is 2.29. The van der Waals surface area contributed by atoms with Crippen molar-refractivity contribution >= 4 is 5.69 Å². The van der Waals surface area contributed by atoms with E-state index in [1.54, 1.807) is 6.07 Å². The van der Waals surface area contributed by atoms with E-state index in [0.29, 0.717) is 5.69 Å². The predicted octanol–water partition coefficient (Wildman–Crippen LogP) is 3.98. The van der Waals surface area contributed by atoms with Crippen molar-refractivity contribution in [2.45, 2.75) is 59.5 Å². The summed E-state index contributed by atoms with van der Waals surface area (Å²) in [5.41, 5.74) is 7.65. The lowest BCUT2D eigenvalue weighted by atomic mass is 9.87. The van der Waals surface area contributed by atoms with E-state index in [1.165, 1.54) is 0 Å². The smallest absolute Gasteiger partial charge is 0.146 e. The van der Waals surface area contributed by atoms with Gasteiger partial charge in [-0.05, 0) is 42.9 Å². The second-order valence-corrected chi connectivity index (χ2v) is 6.81. The zero-order chi connectivity index (χ0) is 15.5. The molecule has 0 amide bonds. The Bertz CT molecular complexity index is 437. The zero-order valence-electron chi connectivity index (χ0n) is 13.7. The monoisotopic (exact) mass is 280 g/mol. The minimum Gasteiger partial charge on any atom is -0.369 e. The van der Waals surface area contributed by atoms with Crippen molar-refractivity contribution in [3.05, 3.63) is 29.6 Å². The van der Waals surface area contributed by atoms with Gasteiger partial charge in [0.2, 0.25) is 0 Å². The van der Waals surface area contributed by atoms with E-state index in [0.717, 1.165) is 18.4 Å². The Kier molecular flexibility index (Phi) is 5.58. The lowest BCUT2D eigenvalue weighted by Gasteiger charge is -2.37. The zero-order valence-corrected chi connectivity index (χ0v) is 13.7. The van der Waals surface area contributed by atoms with Gasteiger partial charge in [0.15, 0.2) is 0 Å². The van der Waals surface area contributed by atoms with Crippen LogP contribution < -0.4 is 10.6 Å². The van der Waals surface area contributed by atoms with Gasteiger partial charge >= 0.3 is 0 Å². The van der Waals surface area contributed by atoms with Gasteiger partial charge in [0, 0.05) is 19.1 Å². The third-order valence-electron chi connectivity index (χ3n) is 4.25. The highest BCUT2D eigenvalue weighted by atomic mass is 19.1. The average Bonchev–Trinajstić information content (AvgIpc) is 2.36. The van der Waals surface area contributed by atoms with Gasteiger partial charge in [-0.25, -0.2) is 4.39 Å². The first kappa shape index (κ1) is 17.0. The molecule has 2 nitrogen and oxygen atoms in total. The standard InChI is InChI=1S/C17H29FN2/c1-7-14(19)10-13-8-9-16(15(18)11-13)20(6)12(2)17(3,4)5/h8-9,11-12,14H,7,10,19H2,1-6H3. The highest BCUT2D eigenvalue weighted by Gasteiger charge is 2.25. The summed E-state index contributed by atoms with van der Waals surface area (Å²) in [6.07, 6.45) is 1.64. The van der Waals surface area contributed by atoms with Crippen LogP contribution in [0.1, 0.15) is 46.6 Å². The molecule has 2 unspecified atom stereocenters. The molecule has 0 aliphatic rings. The van der Waals surface area contributed by atoms with Crippen molar-refractivity contribution in [3.8, 4) is 0 Å². The highest BCUT2D eigenvalue weighted by molar-refractivity contribution is 5.49. The van der Waals surface area contributed by atoms with Gasteiger partial charge in [0.25, 0.3) is 0 Å². The van der Waals surface area contributed by atoms with E-state index in [-0.39, 0.29) is 23.3 Å². The third-order valence-corrected chi connectivity index (χ3v) is 4.25. The average molecular weight is 280 g/mol. The van der Waals surface area contributed by atoms with Gasteiger partial charge in [-0.3, -0.25) is 0 Å². The van der Waals surface area contributed by atoms with Crippen LogP contribution in [0, 0.1) is 11.2 Å². The molecule has 20 heavy (non-hydrogen) atoms. The number of nitrogens with two attached hydrogens (primary N) is 1. The molecule has 2 N–H and O–H groups in total. The molecular formula is C17H29FN2. The second-order valence-electron chi connectivity index (χ2n) is 6.81. The molecule has 2 atom stereocenters. The van der Waals surface area contributed by atoms with Gasteiger partial charge in [-0.2, -0.15) is 0 Å². The van der Waals surface area contributed by atoms with Gasteiger partial charge in [0.05, 0.1) is 5.69 Å². The summed E-state index contributed by atoms with van der Waals surface area (Å²) in [6.45, 7) is 10.7. The fraction of sp³-hybridized carbons (Fsp3) is 0.647. The molecule has 0 saturated heterocycles. The maximum Gasteiger partial charge on any atom is 0.146 e. The molecule has 1 aromatic rings. The molecule has 0 heterocycles. The van der Waals surface area contributed by atoms with Crippen LogP contribution in [-0.4, -0.2) is 19.1 Å². The van der Waals surface area contributed by atoms with Crippen LogP contribution in [0.2, 0.25) is 0 Å². The summed E-state index contributed by atoms with van der Waals surface area (Å²) in [7, 11) is 1.95. The van der Waals surface area contributed by atoms with Crippen molar-refractivity contribution in [3.63, 3.8) is 0 Å². The molecule has 0 aromatic heterocycles. The number of anilines is 1. The molecular weight excluding hydrogens is 251 g/mol. The van der Waals surface area contributed by atoms with Crippen molar-refractivity contribution in [1.29, 1.82) is 0 Å². The molecule has 1 rings (SSSR count). The summed E-state index contributed by atoms with van der Waals surface area (Å²) in [5, 5.41) is 0. The number of hydrogen-bond acceptors (Lipinski definition) is 2. The summed E-state index contributed by atoms with van der Waals surface area (Å²) < 4.78 is 14.3. The first-order valence-corrected chi connectivity index (χ1v) is 7.43. The number of benzene rings is 1. The molecule has 0 spiro atoms. The maximum atomic E-state index is 14.3. The van der Waals surface area contributed by atoms with Gasteiger partial charge in [0.1, 0.15) is 5.82 Å². The van der Waals surface area contributed by atoms with E-state index in [4.69, 9.17) is 5.73 Å². The van der Waals surface area contributed by atoms with E-state index >= 15 is 0 Å². The molecule has 3 heteroatoms. The molecule has 114 valence electrons. The Morgan fingerprint density at radius 2 is 1.90 bits per heavy atom. The summed E-state index contributed by atoms with van der Waals surface area (Å²) >= 11 is 0. The van der Waals surface area contributed by atoms with Crippen LogP contribution >= 0.6 is 0 Å². The fourth-order valence-corrected chi connectivity index (χ4v) is 2.20. The Hall–Kier alpha value is -1.09. The number of nitrogens with zero attached hydrogens (tertiary/aromatic N) is 1.